The fourth-order valence-corrected chi connectivity index (χ4v) is 5.71. The summed E-state index contributed by atoms with van der Waals surface area (Å²) in [6.07, 6.45) is 8.64. The number of benzene rings is 1. The smallest absolute Gasteiger partial charge is 0.124 e. The second-order valence-electron chi connectivity index (χ2n) is 10.5. The van der Waals surface area contributed by atoms with Gasteiger partial charge in [0.15, 0.2) is 0 Å². The molecule has 0 amide bonds. The van der Waals surface area contributed by atoms with Gasteiger partial charge in [-0.05, 0) is 80.4 Å². The molecule has 2 fully saturated rings. The summed E-state index contributed by atoms with van der Waals surface area (Å²) in [5, 5.41) is 15.8. The van der Waals surface area contributed by atoms with Crippen molar-refractivity contribution >= 4 is 0 Å². The number of aryl methyl sites for hydroxylation is 1. The quantitative estimate of drug-likeness (QED) is 0.699. The van der Waals surface area contributed by atoms with E-state index in [1.165, 1.54) is 30.4 Å². The molecule has 1 aromatic heterocycles. The molecule has 0 bridgehead atoms. The van der Waals surface area contributed by atoms with Gasteiger partial charge >= 0.3 is 0 Å². The summed E-state index contributed by atoms with van der Waals surface area (Å²) in [6.45, 7) is 10.6. The van der Waals surface area contributed by atoms with Crippen molar-refractivity contribution in [2.45, 2.75) is 58.0 Å². The molecular formula is C27H39N3O. The van der Waals surface area contributed by atoms with E-state index in [2.05, 4.69) is 73.4 Å². The van der Waals surface area contributed by atoms with Gasteiger partial charge in [0.1, 0.15) is 5.60 Å². The number of nitrogens with zero attached hydrogens (tertiary/aromatic N) is 2. The Bertz CT molecular complexity index is 866. The van der Waals surface area contributed by atoms with Crippen LogP contribution in [-0.4, -0.2) is 48.2 Å². The molecule has 1 aromatic carbocycles. The van der Waals surface area contributed by atoms with Gasteiger partial charge in [-0.1, -0.05) is 45.0 Å². The van der Waals surface area contributed by atoms with Gasteiger partial charge in [-0.25, -0.2) is 0 Å². The molecule has 2 aliphatic rings. The highest BCUT2D eigenvalue weighted by Crippen LogP contribution is 2.50. The largest absolute Gasteiger partial charge is 0.380 e. The van der Waals surface area contributed by atoms with Gasteiger partial charge in [0.2, 0.25) is 0 Å². The molecule has 0 saturated carbocycles. The van der Waals surface area contributed by atoms with E-state index in [1.807, 2.05) is 12.4 Å². The zero-order chi connectivity index (χ0) is 22.1. The summed E-state index contributed by atoms with van der Waals surface area (Å²) >= 11 is 0. The maximum Gasteiger partial charge on any atom is 0.124 e. The number of piperidine rings is 1. The third kappa shape index (κ3) is 4.44. The average molecular weight is 422 g/mol. The lowest BCUT2D eigenvalue weighted by Crippen LogP contribution is -2.63. The summed E-state index contributed by atoms with van der Waals surface area (Å²) in [6, 6.07) is 10.8. The first-order chi connectivity index (χ1) is 14.8. The Hall–Kier alpha value is -1.75. The van der Waals surface area contributed by atoms with Crippen molar-refractivity contribution in [3.8, 4) is 0 Å². The number of pyridine rings is 1. The van der Waals surface area contributed by atoms with Crippen LogP contribution in [0.15, 0.2) is 42.7 Å². The standard InChI is InChI=1S/C27H39N3O/c1-20(2)23-7-9-24(10-8-23)27(31,26(3)18-30(4)19-26)25-15-22(16-29-17-25)6-5-21-11-13-28-14-12-21/h7-10,15-17,20-21,28,31H,5-6,11-14,18-19H2,1-4H3/t27-/m0/s1. The third-order valence-corrected chi connectivity index (χ3v) is 7.62. The Balaban J connectivity index is 1.64. The zero-order valence-corrected chi connectivity index (χ0v) is 19.7. The lowest BCUT2D eigenvalue weighted by Gasteiger charge is -2.56. The Labute approximate surface area is 188 Å². The normalized spacial score (nSPS) is 21.6. The minimum Gasteiger partial charge on any atom is -0.380 e. The van der Waals surface area contributed by atoms with Crippen LogP contribution < -0.4 is 5.32 Å². The van der Waals surface area contributed by atoms with Gasteiger partial charge in [-0.2, -0.15) is 0 Å². The molecule has 168 valence electrons. The molecule has 31 heavy (non-hydrogen) atoms. The van der Waals surface area contributed by atoms with Crippen LogP contribution in [0.3, 0.4) is 0 Å². The van der Waals surface area contributed by atoms with Gasteiger partial charge in [-0.3, -0.25) is 4.98 Å². The van der Waals surface area contributed by atoms with Gasteiger partial charge in [0.05, 0.1) is 0 Å². The number of aromatic nitrogens is 1. The molecule has 0 spiro atoms. The van der Waals surface area contributed by atoms with E-state index < -0.39 is 5.60 Å². The van der Waals surface area contributed by atoms with Crippen LogP contribution in [0.2, 0.25) is 0 Å². The maximum absolute atomic E-state index is 12.3. The SMILES string of the molecule is CC(C)c1ccc([C@](O)(c2cncc(CCC3CCNCC3)c2)C2(C)CN(C)C2)cc1. The summed E-state index contributed by atoms with van der Waals surface area (Å²) in [5.41, 5.74) is 3.16. The lowest BCUT2D eigenvalue weighted by atomic mass is 9.62. The van der Waals surface area contributed by atoms with Crippen molar-refractivity contribution in [2.75, 3.05) is 33.2 Å². The van der Waals surface area contributed by atoms with E-state index in [0.717, 1.165) is 49.6 Å². The van der Waals surface area contributed by atoms with Crippen molar-refractivity contribution in [2.24, 2.45) is 11.3 Å². The molecule has 2 N–H and O–H groups in total. The maximum atomic E-state index is 12.3. The van der Waals surface area contributed by atoms with Crippen molar-refractivity contribution in [3.05, 3.63) is 65.0 Å². The van der Waals surface area contributed by atoms with Crippen LogP contribution in [0.4, 0.5) is 0 Å². The van der Waals surface area contributed by atoms with Gasteiger partial charge < -0.3 is 15.3 Å². The van der Waals surface area contributed by atoms with Crippen LogP contribution in [0.25, 0.3) is 0 Å². The molecule has 0 unspecified atom stereocenters. The Morgan fingerprint density at radius 2 is 1.81 bits per heavy atom. The fourth-order valence-electron chi connectivity index (χ4n) is 5.71. The van der Waals surface area contributed by atoms with Crippen LogP contribution >= 0.6 is 0 Å². The predicted octanol–water partition coefficient (Wildman–Crippen LogP) is 4.32. The summed E-state index contributed by atoms with van der Waals surface area (Å²) < 4.78 is 0. The van der Waals surface area contributed by atoms with Crippen molar-refractivity contribution in [1.82, 2.24) is 15.2 Å². The number of hydrogen-bond acceptors (Lipinski definition) is 4. The molecule has 2 saturated heterocycles. The number of hydrogen-bond donors (Lipinski definition) is 2. The molecule has 4 rings (SSSR count). The molecule has 0 aliphatic carbocycles. The van der Waals surface area contributed by atoms with Gasteiger partial charge in [-0.15, -0.1) is 0 Å². The van der Waals surface area contributed by atoms with E-state index >= 15 is 0 Å². The van der Waals surface area contributed by atoms with E-state index in [-0.39, 0.29) is 5.41 Å². The number of likely N-dealkylation sites (tertiary alicyclic amines) is 1. The minimum atomic E-state index is -1.05. The molecule has 1 atom stereocenters. The first-order valence-electron chi connectivity index (χ1n) is 12.0. The van der Waals surface area contributed by atoms with Crippen LogP contribution in [0.5, 0.6) is 0 Å². The van der Waals surface area contributed by atoms with Gasteiger partial charge in [0.25, 0.3) is 0 Å². The van der Waals surface area contributed by atoms with Crippen LogP contribution in [-0.2, 0) is 12.0 Å². The average Bonchev–Trinajstić information content (AvgIpc) is 2.77. The highest BCUT2D eigenvalue weighted by Gasteiger charge is 2.55. The van der Waals surface area contributed by atoms with E-state index in [1.54, 1.807) is 0 Å². The Kier molecular flexibility index (Phi) is 6.52. The molecule has 2 aliphatic heterocycles. The first-order valence-corrected chi connectivity index (χ1v) is 12.0. The number of rotatable bonds is 7. The van der Waals surface area contributed by atoms with Crippen LogP contribution in [0.1, 0.15) is 68.2 Å². The van der Waals surface area contributed by atoms with E-state index in [0.29, 0.717) is 5.92 Å². The van der Waals surface area contributed by atoms with Crippen molar-refractivity contribution in [3.63, 3.8) is 0 Å². The molecule has 0 radical (unpaired) electrons. The fraction of sp³-hybridized carbons (Fsp3) is 0.593. The second kappa shape index (κ2) is 9.01. The van der Waals surface area contributed by atoms with Crippen molar-refractivity contribution < 1.29 is 5.11 Å². The van der Waals surface area contributed by atoms with E-state index in [9.17, 15) is 5.11 Å². The first kappa shape index (κ1) is 22.4. The zero-order valence-electron chi connectivity index (χ0n) is 19.7. The highest BCUT2D eigenvalue weighted by molar-refractivity contribution is 5.42. The number of nitrogens with one attached hydrogen (secondary N) is 1. The lowest BCUT2D eigenvalue weighted by molar-refractivity contribution is -0.127. The van der Waals surface area contributed by atoms with Crippen molar-refractivity contribution in [1.29, 1.82) is 0 Å². The summed E-state index contributed by atoms with van der Waals surface area (Å²) in [4.78, 5) is 6.87. The minimum absolute atomic E-state index is 0.240. The van der Waals surface area contributed by atoms with E-state index in [4.69, 9.17) is 0 Å². The monoisotopic (exact) mass is 421 g/mol. The third-order valence-electron chi connectivity index (χ3n) is 7.62. The molecule has 4 heteroatoms. The molecule has 3 heterocycles. The number of aliphatic hydroxyl groups is 1. The van der Waals surface area contributed by atoms with Crippen LogP contribution in [0, 0.1) is 11.3 Å². The molecule has 4 nitrogen and oxygen atoms in total. The molecular weight excluding hydrogens is 382 g/mol. The predicted molar refractivity (Wildman–Crippen MR) is 127 cm³/mol. The topological polar surface area (TPSA) is 48.4 Å². The highest BCUT2D eigenvalue weighted by atomic mass is 16.3. The summed E-state index contributed by atoms with van der Waals surface area (Å²) in [7, 11) is 2.12. The molecule has 2 aromatic rings. The van der Waals surface area contributed by atoms with Gasteiger partial charge in [0, 0.05) is 36.5 Å². The Morgan fingerprint density at radius 3 is 2.42 bits per heavy atom. The Morgan fingerprint density at radius 1 is 1.13 bits per heavy atom. The second-order valence-corrected chi connectivity index (χ2v) is 10.5. The summed E-state index contributed by atoms with van der Waals surface area (Å²) in [5.74, 6) is 1.28.